The number of benzene rings is 2. The number of nitrogens with two attached hydrogens (primary N) is 2. The first kappa shape index (κ1) is 41.8. The number of aromatic hydroxyl groups is 1. The van der Waals surface area contributed by atoms with E-state index in [9.17, 15) is 49.8 Å². The number of hydrogen-bond donors (Lipinski definition) is 10. The number of rotatable bonds is 13. The predicted octanol–water partition coefficient (Wildman–Crippen LogP) is -1.75. The van der Waals surface area contributed by atoms with Crippen LogP contribution in [0.4, 0.5) is 0 Å². The summed E-state index contributed by atoms with van der Waals surface area (Å²) in [4.78, 5) is 58.4. The van der Waals surface area contributed by atoms with Gasteiger partial charge in [-0.3, -0.25) is 29.1 Å². The van der Waals surface area contributed by atoms with Crippen molar-refractivity contribution in [3.8, 4) is 17.2 Å². The van der Waals surface area contributed by atoms with Gasteiger partial charge in [-0.2, -0.15) is 0 Å². The Kier molecular flexibility index (Phi) is 11.9. The first-order valence-electron chi connectivity index (χ1n) is 18.3. The maximum atomic E-state index is 14.4. The number of aliphatic hydroxyl groups excluding tert-OH is 4. The van der Waals surface area contributed by atoms with E-state index in [1.165, 1.54) is 38.4 Å². The van der Waals surface area contributed by atoms with Crippen molar-refractivity contribution in [2.24, 2.45) is 22.4 Å². The van der Waals surface area contributed by atoms with Crippen LogP contribution in [0.25, 0.3) is 0 Å². The molecule has 4 aliphatic rings. The van der Waals surface area contributed by atoms with Gasteiger partial charge in [0.05, 0.1) is 36.7 Å². The third kappa shape index (κ3) is 7.50. The van der Waals surface area contributed by atoms with Gasteiger partial charge in [0.15, 0.2) is 11.7 Å². The number of fused-ring (bicyclic) bond motifs is 2. The van der Waals surface area contributed by atoms with Crippen molar-refractivity contribution in [3.05, 3.63) is 87.3 Å². The molecule has 19 nitrogen and oxygen atoms in total. The van der Waals surface area contributed by atoms with Gasteiger partial charge in [0.1, 0.15) is 41.2 Å². The van der Waals surface area contributed by atoms with E-state index in [0.29, 0.717) is 11.1 Å². The van der Waals surface area contributed by atoms with Crippen LogP contribution in [0.1, 0.15) is 61.9 Å². The average molecular weight is 807 g/mol. The van der Waals surface area contributed by atoms with Crippen molar-refractivity contribution in [1.29, 1.82) is 0 Å². The van der Waals surface area contributed by atoms with Crippen LogP contribution >= 0.6 is 0 Å². The molecule has 7 atom stereocenters. The molecule has 0 radical (unpaired) electrons. The van der Waals surface area contributed by atoms with Crippen LogP contribution in [0, 0.1) is 12.8 Å². The predicted molar refractivity (Wildman–Crippen MR) is 203 cm³/mol. The van der Waals surface area contributed by atoms with Crippen molar-refractivity contribution < 1.29 is 64.0 Å². The van der Waals surface area contributed by atoms with Gasteiger partial charge in [0.25, 0.3) is 11.8 Å². The minimum atomic E-state index is -2.43. The maximum Gasteiger partial charge on any atom is 0.253 e. The Bertz CT molecular complexity index is 2130. The molecule has 310 valence electrons. The number of guanidine groups is 1. The van der Waals surface area contributed by atoms with Crippen LogP contribution in [0.15, 0.2) is 58.9 Å². The number of phenolic OH excluding ortho intramolecular Hbond substituents is 1. The number of aliphatic hydroxyl groups is 5. The largest absolute Gasteiger partial charge is 0.507 e. The highest BCUT2D eigenvalue weighted by atomic mass is 16.7. The molecule has 0 bridgehead atoms. The SMILES string of the molecule is CN=C(N)N[C@@H](CCO)c1c(C)cc2c(c1O)C(=O)c1c(O[C@@H]3O[C@H](CO)[C@](O)(C[C@H](CN4C(=O)C=CC4=O)C4=CCNC(N)=C4)[C@H](O)[C@H]3O)cc(OC)cc1C2=O. The third-order valence-corrected chi connectivity index (χ3v) is 10.8. The normalized spacial score (nSPS) is 25.4. The summed E-state index contributed by atoms with van der Waals surface area (Å²) < 4.78 is 17.3. The zero-order valence-corrected chi connectivity index (χ0v) is 31.8. The number of nitrogens with zero attached hydrogens (tertiary/aromatic N) is 2. The van der Waals surface area contributed by atoms with Crippen molar-refractivity contribution in [1.82, 2.24) is 15.5 Å². The van der Waals surface area contributed by atoms with Crippen LogP contribution in [0.5, 0.6) is 17.2 Å². The number of ketones is 2. The van der Waals surface area contributed by atoms with Gasteiger partial charge >= 0.3 is 0 Å². The highest BCUT2D eigenvalue weighted by Gasteiger charge is 2.57. The number of dihydropyridines is 1. The number of carbonyl (C=O) groups is 4. The van der Waals surface area contributed by atoms with E-state index in [-0.39, 0.29) is 77.2 Å². The number of aliphatic imine (C=N–C) groups is 1. The molecule has 0 spiro atoms. The summed E-state index contributed by atoms with van der Waals surface area (Å²) in [7, 11) is 2.73. The van der Waals surface area contributed by atoms with Crippen LogP contribution in [-0.2, 0) is 14.3 Å². The lowest BCUT2D eigenvalue weighted by Crippen LogP contribution is -2.68. The number of aryl methyl sites for hydroxylation is 1. The first-order chi connectivity index (χ1) is 27.6. The molecule has 2 aromatic carbocycles. The monoisotopic (exact) mass is 806 g/mol. The second-order valence-electron chi connectivity index (χ2n) is 14.3. The van der Waals surface area contributed by atoms with Gasteiger partial charge in [-0.1, -0.05) is 6.08 Å². The highest BCUT2D eigenvalue weighted by molar-refractivity contribution is 6.30. The standard InChI is InChI=1S/C39H46N6O13/c1-17-10-21-31(33(51)29(17)23(7-9-46)44-38(41)42-2)34(52)30-22(32(21)50)12-20(56-3)13-24(30)57-37-35(53)36(54)39(55,25(16-47)58-37)14-19(18-6-8-43-26(40)11-18)15-45-27(48)4-5-28(45)49/h4-6,10-13,19,23,25,35-37,43,46-47,51,53-55H,7-9,14-16,40H2,1-3H3,(H3,41,42,44)/t19-,23+,25-,35-,36-,37-,39-/m1/s1. The molecular formula is C39H46N6O13. The molecule has 2 aromatic rings. The molecule has 0 aromatic heterocycles. The Hall–Kier alpha value is -5.83. The summed E-state index contributed by atoms with van der Waals surface area (Å²) in [5, 5.41) is 73.0. The molecule has 19 heteroatoms. The topological polar surface area (TPSA) is 309 Å². The fourth-order valence-corrected chi connectivity index (χ4v) is 7.86. The zero-order valence-electron chi connectivity index (χ0n) is 31.8. The zero-order chi connectivity index (χ0) is 42.2. The van der Waals surface area contributed by atoms with Gasteiger partial charge < -0.3 is 67.0 Å². The average Bonchev–Trinajstić information content (AvgIpc) is 3.51. The number of ether oxygens (including phenoxy) is 3. The van der Waals surface area contributed by atoms with Crippen molar-refractivity contribution in [3.63, 3.8) is 0 Å². The number of amides is 2. The van der Waals surface area contributed by atoms with Crippen molar-refractivity contribution in [2.45, 2.75) is 56.0 Å². The molecule has 1 saturated heterocycles. The smallest absolute Gasteiger partial charge is 0.253 e. The van der Waals surface area contributed by atoms with E-state index in [2.05, 4.69) is 15.6 Å². The number of nitrogens with one attached hydrogen (secondary N) is 2. The van der Waals surface area contributed by atoms with Crippen molar-refractivity contribution in [2.75, 3.05) is 40.5 Å². The first-order valence-corrected chi connectivity index (χ1v) is 18.3. The number of hydrogen-bond acceptors (Lipinski definition) is 16. The van der Waals surface area contributed by atoms with Crippen molar-refractivity contribution >= 4 is 29.3 Å². The van der Waals surface area contributed by atoms with Gasteiger partial charge in [-0.15, -0.1) is 0 Å². The summed E-state index contributed by atoms with van der Waals surface area (Å²) in [6.07, 6.45) is -2.74. The van der Waals surface area contributed by atoms with Crippen LogP contribution in [0.3, 0.4) is 0 Å². The second kappa shape index (κ2) is 16.6. The maximum absolute atomic E-state index is 14.4. The van der Waals surface area contributed by atoms with E-state index in [0.717, 1.165) is 17.1 Å². The lowest BCUT2D eigenvalue weighted by molar-refractivity contribution is -0.316. The molecule has 12 N–H and O–H groups in total. The number of methoxy groups -OCH3 is 1. The summed E-state index contributed by atoms with van der Waals surface area (Å²) in [5.41, 5.74) is 9.47. The minimum Gasteiger partial charge on any atom is -0.507 e. The number of phenols is 1. The Balaban J connectivity index is 1.35. The summed E-state index contributed by atoms with van der Waals surface area (Å²) in [6.45, 7) is 0.351. The molecule has 2 amide bonds. The Morgan fingerprint density at radius 2 is 1.79 bits per heavy atom. The van der Waals surface area contributed by atoms with Gasteiger partial charge in [-0.05, 0) is 49.1 Å². The minimum absolute atomic E-state index is 0.0127. The Labute approximate surface area is 331 Å². The van der Waals surface area contributed by atoms with Gasteiger partial charge in [0.2, 0.25) is 12.1 Å². The molecule has 0 saturated carbocycles. The van der Waals surface area contributed by atoms with Gasteiger partial charge in [0, 0.05) is 67.6 Å². The van der Waals surface area contributed by atoms with E-state index in [4.69, 9.17) is 25.7 Å². The molecule has 3 heterocycles. The fourth-order valence-electron chi connectivity index (χ4n) is 7.86. The van der Waals surface area contributed by atoms with Gasteiger partial charge in [-0.25, -0.2) is 0 Å². The number of carbonyl (C=O) groups excluding carboxylic acids is 4. The molecule has 0 unspecified atom stereocenters. The fraction of sp³-hybridized carbons (Fsp3) is 0.410. The Morgan fingerprint density at radius 3 is 2.41 bits per heavy atom. The summed E-state index contributed by atoms with van der Waals surface area (Å²) >= 11 is 0. The van der Waals surface area contributed by atoms with E-state index < -0.39 is 84.3 Å². The highest BCUT2D eigenvalue weighted by Crippen LogP contribution is 2.45. The molecule has 3 aliphatic heterocycles. The molecule has 1 fully saturated rings. The van der Waals surface area contributed by atoms with E-state index in [1.54, 1.807) is 13.0 Å². The summed E-state index contributed by atoms with van der Waals surface area (Å²) in [5.74, 6) is -4.29. The third-order valence-electron chi connectivity index (χ3n) is 10.8. The van der Waals surface area contributed by atoms with Crippen LogP contribution in [-0.4, -0.2) is 136 Å². The lowest BCUT2D eigenvalue weighted by atomic mass is 9.75. The Morgan fingerprint density at radius 1 is 1.10 bits per heavy atom. The van der Waals surface area contributed by atoms with E-state index in [1.807, 2.05) is 0 Å². The lowest BCUT2D eigenvalue weighted by Gasteiger charge is -2.49. The molecule has 1 aliphatic carbocycles. The molecular weight excluding hydrogens is 760 g/mol. The summed E-state index contributed by atoms with van der Waals surface area (Å²) in [6, 6.07) is 3.12. The quantitative estimate of drug-likeness (QED) is 0.0520. The van der Waals surface area contributed by atoms with Crippen LogP contribution < -0.4 is 31.6 Å². The molecule has 6 rings (SSSR count). The molecule has 58 heavy (non-hydrogen) atoms. The number of imide groups is 1. The second-order valence-corrected chi connectivity index (χ2v) is 14.3. The van der Waals surface area contributed by atoms with E-state index >= 15 is 0 Å². The van der Waals surface area contributed by atoms with Crippen LogP contribution in [0.2, 0.25) is 0 Å². The number of allylic oxidation sites excluding steroid dienone is 1.